The number of carbonyl (C=O) groups excluding carboxylic acids is 3. The molecule has 0 aromatic heterocycles. The van der Waals surface area contributed by atoms with Gasteiger partial charge in [-0.15, -0.1) is 0 Å². The number of nitrogens with zero attached hydrogens (tertiary/aromatic N) is 1. The second-order valence-electron chi connectivity index (χ2n) is 6.33. The fourth-order valence-corrected chi connectivity index (χ4v) is 2.85. The van der Waals surface area contributed by atoms with E-state index in [1.807, 2.05) is 19.1 Å². The van der Waals surface area contributed by atoms with Gasteiger partial charge in [0.15, 0.2) is 0 Å². The summed E-state index contributed by atoms with van der Waals surface area (Å²) in [5, 5.41) is 2.51. The van der Waals surface area contributed by atoms with Crippen molar-refractivity contribution in [1.29, 1.82) is 0 Å². The molecule has 0 unspecified atom stereocenters. The first-order chi connectivity index (χ1) is 14.5. The molecule has 3 amide bonds. The lowest BCUT2D eigenvalue weighted by atomic mass is 10.2. The molecule has 0 spiro atoms. The minimum atomic E-state index is -0.551. The maximum Gasteiger partial charge on any atom is 0.269 e. The Morgan fingerprint density at radius 1 is 0.867 bits per heavy atom. The van der Waals surface area contributed by atoms with E-state index in [0.29, 0.717) is 23.5 Å². The monoisotopic (exact) mass is 412 g/mol. The van der Waals surface area contributed by atoms with Gasteiger partial charge in [0.05, 0.1) is 18.7 Å². The molecule has 0 fully saturated rings. The van der Waals surface area contributed by atoms with E-state index in [2.05, 4.69) is 34.9 Å². The Labute approximate surface area is 176 Å². The van der Waals surface area contributed by atoms with E-state index in [0.717, 1.165) is 18.8 Å². The molecule has 8 nitrogen and oxygen atoms in total. The minimum Gasteiger partial charge on any atom is -0.493 e. The lowest BCUT2D eigenvalue weighted by Gasteiger charge is -2.21. The van der Waals surface area contributed by atoms with E-state index in [1.165, 1.54) is 0 Å². The van der Waals surface area contributed by atoms with Gasteiger partial charge >= 0.3 is 0 Å². The summed E-state index contributed by atoms with van der Waals surface area (Å²) in [5.74, 6) is -0.986. The Balaban J connectivity index is 1.83. The molecule has 0 aliphatic heterocycles. The topological polar surface area (TPSA) is 99.8 Å². The Morgan fingerprint density at radius 2 is 1.53 bits per heavy atom. The second-order valence-corrected chi connectivity index (χ2v) is 6.33. The van der Waals surface area contributed by atoms with E-state index >= 15 is 0 Å². The zero-order valence-electron chi connectivity index (χ0n) is 17.5. The molecule has 2 aromatic rings. The lowest BCUT2D eigenvalue weighted by Crippen LogP contribution is -2.46. The summed E-state index contributed by atoms with van der Waals surface area (Å²) < 4.78 is 5.41. The van der Waals surface area contributed by atoms with Crippen molar-refractivity contribution in [3.8, 4) is 5.75 Å². The number of hydrogen-bond donors (Lipinski definition) is 3. The van der Waals surface area contributed by atoms with Crippen LogP contribution < -0.4 is 25.8 Å². The van der Waals surface area contributed by atoms with Crippen molar-refractivity contribution in [2.45, 2.75) is 20.8 Å². The molecule has 0 heterocycles. The normalized spacial score (nSPS) is 10.1. The SMILES string of the molecule is CCOc1ccccc1C(=O)NCC(=O)NNC(=O)c1ccc(N(CC)CC)cc1. The smallest absolute Gasteiger partial charge is 0.269 e. The number of hydrazine groups is 1. The second kappa shape index (κ2) is 11.5. The maximum atomic E-state index is 12.3. The average molecular weight is 412 g/mol. The van der Waals surface area contributed by atoms with Crippen LogP contribution in [0.25, 0.3) is 0 Å². The van der Waals surface area contributed by atoms with Gasteiger partial charge in [0, 0.05) is 24.3 Å². The van der Waals surface area contributed by atoms with E-state index in [9.17, 15) is 14.4 Å². The molecule has 0 aliphatic carbocycles. The van der Waals surface area contributed by atoms with Gasteiger partial charge in [0.2, 0.25) is 0 Å². The molecule has 0 atom stereocenters. The molecule has 8 heteroatoms. The average Bonchev–Trinajstić information content (AvgIpc) is 2.77. The Kier molecular flexibility index (Phi) is 8.68. The number of ether oxygens (including phenoxy) is 1. The molecule has 2 aromatic carbocycles. The highest BCUT2D eigenvalue weighted by atomic mass is 16.5. The number of para-hydroxylation sites is 1. The van der Waals surface area contributed by atoms with Crippen molar-refractivity contribution >= 4 is 23.4 Å². The summed E-state index contributed by atoms with van der Waals surface area (Å²) in [7, 11) is 0. The van der Waals surface area contributed by atoms with Gasteiger partial charge in [0.25, 0.3) is 17.7 Å². The van der Waals surface area contributed by atoms with Crippen molar-refractivity contribution in [2.24, 2.45) is 0 Å². The number of hydrogen-bond acceptors (Lipinski definition) is 5. The van der Waals surface area contributed by atoms with Crippen LogP contribution in [0.1, 0.15) is 41.5 Å². The predicted octanol–water partition coefficient (Wildman–Crippen LogP) is 2.12. The first kappa shape index (κ1) is 22.7. The molecule has 0 radical (unpaired) electrons. The van der Waals surface area contributed by atoms with Gasteiger partial charge in [-0.25, -0.2) is 0 Å². The van der Waals surface area contributed by atoms with Crippen LogP contribution in [0.3, 0.4) is 0 Å². The third-order valence-corrected chi connectivity index (χ3v) is 4.41. The summed E-state index contributed by atoms with van der Waals surface area (Å²) in [6.07, 6.45) is 0. The summed E-state index contributed by atoms with van der Waals surface area (Å²) in [4.78, 5) is 38.6. The lowest BCUT2D eigenvalue weighted by molar-refractivity contribution is -0.120. The molecule has 0 saturated heterocycles. The number of benzene rings is 2. The molecule has 0 aliphatic rings. The number of nitrogens with one attached hydrogen (secondary N) is 3. The van der Waals surface area contributed by atoms with Gasteiger partial charge in [-0.05, 0) is 57.2 Å². The predicted molar refractivity (Wildman–Crippen MR) is 116 cm³/mol. The van der Waals surface area contributed by atoms with Crippen LogP contribution in [0.15, 0.2) is 48.5 Å². The van der Waals surface area contributed by atoms with Crippen molar-refractivity contribution in [3.05, 3.63) is 59.7 Å². The van der Waals surface area contributed by atoms with Gasteiger partial charge in [-0.3, -0.25) is 25.2 Å². The van der Waals surface area contributed by atoms with Crippen LogP contribution in [0.5, 0.6) is 5.75 Å². The fourth-order valence-electron chi connectivity index (χ4n) is 2.85. The number of rotatable bonds is 9. The summed E-state index contributed by atoms with van der Waals surface area (Å²) >= 11 is 0. The van der Waals surface area contributed by atoms with E-state index in [4.69, 9.17) is 4.74 Å². The van der Waals surface area contributed by atoms with Crippen molar-refractivity contribution < 1.29 is 19.1 Å². The quantitative estimate of drug-likeness (QED) is 0.548. The highest BCUT2D eigenvalue weighted by Crippen LogP contribution is 2.17. The van der Waals surface area contributed by atoms with Crippen molar-refractivity contribution in [3.63, 3.8) is 0 Å². The van der Waals surface area contributed by atoms with Crippen molar-refractivity contribution in [1.82, 2.24) is 16.2 Å². The van der Waals surface area contributed by atoms with Gasteiger partial charge in [0.1, 0.15) is 5.75 Å². The number of anilines is 1. The molecule has 0 saturated carbocycles. The first-order valence-electron chi connectivity index (χ1n) is 9.94. The maximum absolute atomic E-state index is 12.3. The summed E-state index contributed by atoms with van der Waals surface area (Å²) in [5.41, 5.74) is 6.41. The fraction of sp³-hybridized carbons (Fsp3) is 0.318. The molecule has 30 heavy (non-hydrogen) atoms. The first-order valence-corrected chi connectivity index (χ1v) is 9.94. The van der Waals surface area contributed by atoms with Crippen LogP contribution in [-0.2, 0) is 4.79 Å². The van der Waals surface area contributed by atoms with Crippen LogP contribution >= 0.6 is 0 Å². The Bertz CT molecular complexity index is 864. The number of amides is 3. The molecule has 3 N–H and O–H groups in total. The van der Waals surface area contributed by atoms with Crippen LogP contribution in [0.2, 0.25) is 0 Å². The molecular formula is C22H28N4O4. The Morgan fingerprint density at radius 3 is 2.17 bits per heavy atom. The van der Waals surface area contributed by atoms with E-state index in [1.54, 1.807) is 36.4 Å². The highest BCUT2D eigenvalue weighted by Gasteiger charge is 2.14. The van der Waals surface area contributed by atoms with E-state index in [-0.39, 0.29) is 6.54 Å². The largest absolute Gasteiger partial charge is 0.493 e. The van der Waals surface area contributed by atoms with Gasteiger partial charge in [-0.2, -0.15) is 0 Å². The Hall–Kier alpha value is -3.55. The van der Waals surface area contributed by atoms with Gasteiger partial charge < -0.3 is 15.0 Å². The highest BCUT2D eigenvalue weighted by molar-refractivity contribution is 5.99. The molecule has 160 valence electrons. The standard InChI is InChI=1S/C22H28N4O4/c1-4-26(5-2)17-13-11-16(12-14-17)21(28)25-24-20(27)15-23-22(29)18-9-7-8-10-19(18)30-6-3/h7-14H,4-6,15H2,1-3H3,(H,23,29)(H,24,27)(H,25,28). The zero-order valence-corrected chi connectivity index (χ0v) is 17.5. The summed E-state index contributed by atoms with van der Waals surface area (Å²) in [6, 6.07) is 13.9. The summed E-state index contributed by atoms with van der Waals surface area (Å²) in [6.45, 7) is 7.83. The molecule has 0 bridgehead atoms. The minimum absolute atomic E-state index is 0.291. The number of carbonyl (C=O) groups is 3. The third-order valence-electron chi connectivity index (χ3n) is 4.41. The zero-order chi connectivity index (χ0) is 21.9. The van der Waals surface area contributed by atoms with Crippen LogP contribution in [0, 0.1) is 0 Å². The van der Waals surface area contributed by atoms with Crippen LogP contribution in [-0.4, -0.2) is 44.0 Å². The van der Waals surface area contributed by atoms with Crippen LogP contribution in [0.4, 0.5) is 5.69 Å². The van der Waals surface area contributed by atoms with E-state index < -0.39 is 17.7 Å². The third kappa shape index (κ3) is 6.23. The van der Waals surface area contributed by atoms with Gasteiger partial charge in [-0.1, -0.05) is 12.1 Å². The molecular weight excluding hydrogens is 384 g/mol. The molecule has 2 rings (SSSR count). The van der Waals surface area contributed by atoms with Crippen molar-refractivity contribution in [2.75, 3.05) is 31.1 Å².